The first-order valence-corrected chi connectivity index (χ1v) is 7.70. The fourth-order valence-corrected chi connectivity index (χ4v) is 1.85. The van der Waals surface area contributed by atoms with E-state index in [2.05, 4.69) is 54.7 Å². The van der Waals surface area contributed by atoms with Gasteiger partial charge in [-0.3, -0.25) is 4.18 Å². The molecule has 0 saturated heterocycles. The van der Waals surface area contributed by atoms with Gasteiger partial charge in [0, 0.05) is 5.56 Å². The molecule has 0 unspecified atom stereocenters. The standard InChI is InChI=1S/C14H20N.CH4O4S/c1-4-11-15(3,12-5-2)13-14-9-7-6-8-10-14;1-5-6(2,3)4/h4-10H,1-2,11-13H2,3H3;1H3,(H,2,3,4)/q+1;/p-1. The van der Waals surface area contributed by atoms with Gasteiger partial charge in [-0.1, -0.05) is 43.5 Å². The molecule has 0 aliphatic rings. The summed E-state index contributed by atoms with van der Waals surface area (Å²) in [6.45, 7) is 10.6. The lowest BCUT2D eigenvalue weighted by atomic mass is 10.2. The van der Waals surface area contributed by atoms with Crippen LogP contribution in [-0.2, 0) is 21.1 Å². The van der Waals surface area contributed by atoms with Crippen molar-refractivity contribution in [3.05, 3.63) is 61.2 Å². The van der Waals surface area contributed by atoms with E-state index in [1.54, 1.807) is 0 Å². The lowest BCUT2D eigenvalue weighted by Crippen LogP contribution is -2.43. The van der Waals surface area contributed by atoms with Crippen LogP contribution in [0.2, 0.25) is 0 Å². The van der Waals surface area contributed by atoms with Gasteiger partial charge in [-0.15, -0.1) is 0 Å². The molecule has 5 nitrogen and oxygen atoms in total. The molecule has 0 aliphatic carbocycles. The maximum Gasteiger partial charge on any atom is 0.217 e. The largest absolute Gasteiger partial charge is 0.726 e. The fraction of sp³-hybridized carbons (Fsp3) is 0.333. The van der Waals surface area contributed by atoms with Crippen molar-refractivity contribution in [1.29, 1.82) is 0 Å². The van der Waals surface area contributed by atoms with E-state index in [0.717, 1.165) is 31.2 Å². The van der Waals surface area contributed by atoms with Gasteiger partial charge < -0.3 is 9.04 Å². The lowest BCUT2D eigenvalue weighted by Gasteiger charge is -2.32. The zero-order valence-electron chi connectivity index (χ0n) is 12.6. The van der Waals surface area contributed by atoms with Crippen molar-refractivity contribution in [3.63, 3.8) is 0 Å². The van der Waals surface area contributed by atoms with E-state index in [1.165, 1.54) is 5.56 Å². The van der Waals surface area contributed by atoms with E-state index in [9.17, 15) is 13.0 Å². The number of benzene rings is 1. The Balaban J connectivity index is 0.000000567. The maximum atomic E-state index is 9.22. The highest BCUT2D eigenvalue weighted by Crippen LogP contribution is 2.11. The highest BCUT2D eigenvalue weighted by molar-refractivity contribution is 7.80. The molecule has 0 atom stereocenters. The highest BCUT2D eigenvalue weighted by atomic mass is 32.3. The molecule has 0 aliphatic heterocycles. The summed E-state index contributed by atoms with van der Waals surface area (Å²) in [6.07, 6.45) is 3.96. The van der Waals surface area contributed by atoms with Crippen LogP contribution < -0.4 is 0 Å². The number of quaternary nitrogens is 1. The summed E-state index contributed by atoms with van der Waals surface area (Å²) < 4.78 is 32.0. The first kappa shape index (κ1) is 19.5. The van der Waals surface area contributed by atoms with Crippen molar-refractivity contribution in [2.45, 2.75) is 6.54 Å². The smallest absolute Gasteiger partial charge is 0.217 e. The Labute approximate surface area is 127 Å². The SMILES string of the molecule is C=CC[N+](C)(CC=C)Cc1ccccc1.COS(=O)(=O)[O-]. The van der Waals surface area contributed by atoms with Crippen molar-refractivity contribution >= 4 is 10.4 Å². The minimum atomic E-state index is -4.41. The van der Waals surface area contributed by atoms with Crippen molar-refractivity contribution < 1.29 is 21.6 Å². The van der Waals surface area contributed by atoms with Gasteiger partial charge in [-0.05, 0) is 12.2 Å². The Kier molecular flexibility index (Phi) is 8.80. The monoisotopic (exact) mass is 313 g/mol. The molecule has 0 radical (unpaired) electrons. The van der Waals surface area contributed by atoms with Crippen molar-refractivity contribution in [2.75, 3.05) is 27.2 Å². The molecule has 0 spiro atoms. The van der Waals surface area contributed by atoms with Gasteiger partial charge in [0.05, 0.1) is 27.2 Å². The zero-order chi connectivity index (χ0) is 16.4. The molecular formula is C15H23NO4S. The van der Waals surface area contributed by atoms with Crippen LogP contribution in [0.1, 0.15) is 5.56 Å². The third-order valence-corrected chi connectivity index (χ3v) is 3.16. The van der Waals surface area contributed by atoms with Gasteiger partial charge in [0.25, 0.3) is 0 Å². The number of nitrogens with zero attached hydrogens (tertiary/aromatic N) is 1. The first-order valence-electron chi connectivity index (χ1n) is 6.37. The van der Waals surface area contributed by atoms with Gasteiger partial charge in [-0.25, -0.2) is 8.42 Å². The van der Waals surface area contributed by atoms with Crippen molar-refractivity contribution in [1.82, 2.24) is 0 Å². The summed E-state index contributed by atoms with van der Waals surface area (Å²) in [6, 6.07) is 10.6. The van der Waals surface area contributed by atoms with Crippen LogP contribution in [-0.4, -0.2) is 44.7 Å². The summed E-state index contributed by atoms with van der Waals surface area (Å²) >= 11 is 0. The van der Waals surface area contributed by atoms with Crippen LogP contribution in [0.3, 0.4) is 0 Å². The molecule has 0 amide bonds. The van der Waals surface area contributed by atoms with Gasteiger partial charge >= 0.3 is 0 Å². The van der Waals surface area contributed by atoms with Gasteiger partial charge in [-0.2, -0.15) is 0 Å². The van der Waals surface area contributed by atoms with Gasteiger partial charge in [0.15, 0.2) is 0 Å². The summed E-state index contributed by atoms with van der Waals surface area (Å²) in [4.78, 5) is 0. The number of hydrogen-bond acceptors (Lipinski definition) is 4. The lowest BCUT2D eigenvalue weighted by molar-refractivity contribution is -0.911. The zero-order valence-corrected chi connectivity index (χ0v) is 13.4. The van der Waals surface area contributed by atoms with Crippen LogP contribution >= 0.6 is 0 Å². The molecule has 1 rings (SSSR count). The Hall–Kier alpha value is -1.47. The van der Waals surface area contributed by atoms with Crippen molar-refractivity contribution in [2.24, 2.45) is 0 Å². The number of hydrogen-bond donors (Lipinski definition) is 0. The Morgan fingerprint density at radius 3 is 1.95 bits per heavy atom. The molecule has 1 aromatic carbocycles. The molecule has 1 aromatic rings. The second kappa shape index (κ2) is 9.46. The molecular weight excluding hydrogens is 290 g/mol. The van der Waals surface area contributed by atoms with Crippen LogP contribution in [0.25, 0.3) is 0 Å². The molecule has 21 heavy (non-hydrogen) atoms. The Morgan fingerprint density at radius 2 is 1.62 bits per heavy atom. The van der Waals surface area contributed by atoms with Crippen LogP contribution in [0, 0.1) is 0 Å². The van der Waals surface area contributed by atoms with E-state index < -0.39 is 10.4 Å². The first-order chi connectivity index (χ1) is 9.76. The van der Waals surface area contributed by atoms with E-state index in [-0.39, 0.29) is 0 Å². The fourth-order valence-electron chi connectivity index (χ4n) is 1.85. The van der Waals surface area contributed by atoms with E-state index in [1.807, 2.05) is 12.2 Å². The van der Waals surface area contributed by atoms with Gasteiger partial charge in [0.1, 0.15) is 6.54 Å². The van der Waals surface area contributed by atoms with Crippen molar-refractivity contribution in [3.8, 4) is 0 Å². The number of rotatable bonds is 7. The van der Waals surface area contributed by atoms with E-state index in [0.29, 0.717) is 0 Å². The van der Waals surface area contributed by atoms with Crippen LogP contribution in [0.15, 0.2) is 55.6 Å². The van der Waals surface area contributed by atoms with Crippen LogP contribution in [0.5, 0.6) is 0 Å². The van der Waals surface area contributed by atoms with E-state index >= 15 is 0 Å². The third-order valence-electron chi connectivity index (χ3n) is 2.75. The second-order valence-electron chi connectivity index (χ2n) is 4.78. The molecule has 0 aromatic heterocycles. The summed E-state index contributed by atoms with van der Waals surface area (Å²) in [7, 11) is -1.37. The third kappa shape index (κ3) is 9.97. The average molecular weight is 313 g/mol. The summed E-state index contributed by atoms with van der Waals surface area (Å²) in [5.41, 5.74) is 1.36. The quantitative estimate of drug-likeness (QED) is 0.335. The Morgan fingerprint density at radius 1 is 1.19 bits per heavy atom. The molecule has 0 bridgehead atoms. The predicted octanol–water partition coefficient (Wildman–Crippen LogP) is 2.10. The topological polar surface area (TPSA) is 66.4 Å². The molecule has 0 fully saturated rings. The Bertz CT molecular complexity index is 516. The minimum absolute atomic E-state index is 0.808. The van der Waals surface area contributed by atoms with Crippen LogP contribution in [0.4, 0.5) is 0 Å². The molecule has 6 heteroatoms. The van der Waals surface area contributed by atoms with Gasteiger partial charge in [0.2, 0.25) is 10.4 Å². The summed E-state index contributed by atoms with van der Waals surface area (Å²) in [5.74, 6) is 0. The average Bonchev–Trinajstić information content (AvgIpc) is 2.40. The number of likely N-dealkylation sites (N-methyl/N-ethyl adjacent to an activating group) is 1. The molecule has 118 valence electrons. The maximum absolute atomic E-state index is 9.22. The predicted molar refractivity (Wildman–Crippen MR) is 83.2 cm³/mol. The molecule has 0 N–H and O–H groups in total. The molecule has 0 saturated carbocycles. The molecule has 0 heterocycles. The summed E-state index contributed by atoms with van der Waals surface area (Å²) in [5, 5.41) is 0. The van der Waals surface area contributed by atoms with E-state index in [4.69, 9.17) is 0 Å². The second-order valence-corrected chi connectivity index (χ2v) is 5.93. The normalized spacial score (nSPS) is 11.2. The minimum Gasteiger partial charge on any atom is -0.726 e. The highest BCUT2D eigenvalue weighted by Gasteiger charge is 2.18.